The summed E-state index contributed by atoms with van der Waals surface area (Å²) in [5.41, 5.74) is 4.06. The van der Waals surface area contributed by atoms with Crippen LogP contribution in [0, 0.1) is 13.8 Å². The fraction of sp³-hybridized carbons (Fsp3) is 0.600. The van der Waals surface area contributed by atoms with Gasteiger partial charge in [0, 0.05) is 6.61 Å². The van der Waals surface area contributed by atoms with Crippen LogP contribution in [0.15, 0.2) is 18.2 Å². The first-order valence-corrected chi connectivity index (χ1v) is 6.58. The first-order valence-electron chi connectivity index (χ1n) is 6.58. The minimum atomic E-state index is 0.329. The maximum atomic E-state index is 5.91. The molecule has 0 spiro atoms. The minimum absolute atomic E-state index is 0.329. The van der Waals surface area contributed by atoms with Crippen LogP contribution in [-0.2, 0) is 4.74 Å². The second-order valence-corrected chi connectivity index (χ2v) is 5.03. The normalized spacial score (nSPS) is 22.4. The summed E-state index contributed by atoms with van der Waals surface area (Å²) in [6.45, 7) is 5.24. The monoisotopic (exact) mass is 233 g/mol. The Morgan fingerprint density at radius 1 is 1.29 bits per heavy atom. The smallest absolute Gasteiger partial charge is 0.0769 e. The van der Waals surface area contributed by atoms with Crippen molar-refractivity contribution in [2.75, 3.05) is 13.7 Å². The molecule has 0 radical (unpaired) electrons. The van der Waals surface area contributed by atoms with Crippen LogP contribution < -0.4 is 5.32 Å². The molecule has 1 N–H and O–H groups in total. The molecule has 1 aromatic carbocycles. The number of ether oxygens (including phenoxy) is 1. The zero-order valence-electron chi connectivity index (χ0n) is 11.1. The molecule has 2 atom stereocenters. The highest BCUT2D eigenvalue weighted by Gasteiger charge is 2.25. The Bertz CT molecular complexity index is 369. The number of benzene rings is 1. The van der Waals surface area contributed by atoms with Crippen molar-refractivity contribution < 1.29 is 4.74 Å². The van der Waals surface area contributed by atoms with E-state index in [4.69, 9.17) is 4.74 Å². The van der Waals surface area contributed by atoms with Crippen LogP contribution >= 0.6 is 0 Å². The minimum Gasteiger partial charge on any atom is -0.376 e. The summed E-state index contributed by atoms with van der Waals surface area (Å²) >= 11 is 0. The van der Waals surface area contributed by atoms with Gasteiger partial charge in [-0.3, -0.25) is 0 Å². The number of hydrogen-bond donors (Lipinski definition) is 1. The van der Waals surface area contributed by atoms with Gasteiger partial charge in [-0.1, -0.05) is 23.8 Å². The van der Waals surface area contributed by atoms with Crippen LogP contribution in [0.5, 0.6) is 0 Å². The summed E-state index contributed by atoms with van der Waals surface area (Å²) in [4.78, 5) is 0. The predicted octanol–water partition coefficient (Wildman–Crippen LogP) is 3.13. The van der Waals surface area contributed by atoms with Crippen LogP contribution in [0.4, 0.5) is 0 Å². The van der Waals surface area contributed by atoms with E-state index in [0.717, 1.165) is 6.61 Å². The molecule has 2 heteroatoms. The maximum Gasteiger partial charge on any atom is 0.0769 e. The molecule has 1 saturated heterocycles. The van der Waals surface area contributed by atoms with Crippen LogP contribution in [0.2, 0.25) is 0 Å². The van der Waals surface area contributed by atoms with Gasteiger partial charge < -0.3 is 10.1 Å². The van der Waals surface area contributed by atoms with E-state index in [2.05, 4.69) is 37.4 Å². The lowest BCUT2D eigenvalue weighted by Crippen LogP contribution is -2.34. The lowest BCUT2D eigenvalue weighted by Gasteiger charge is -2.31. The van der Waals surface area contributed by atoms with E-state index in [1.165, 1.54) is 36.0 Å². The number of nitrogens with one attached hydrogen (secondary N) is 1. The topological polar surface area (TPSA) is 21.3 Å². The van der Waals surface area contributed by atoms with Gasteiger partial charge in [0.15, 0.2) is 0 Å². The summed E-state index contributed by atoms with van der Waals surface area (Å²) in [5, 5.41) is 3.42. The molecular formula is C15H23NO. The summed E-state index contributed by atoms with van der Waals surface area (Å²) in [7, 11) is 2.03. The molecule has 0 bridgehead atoms. The molecule has 2 unspecified atom stereocenters. The molecule has 0 aromatic heterocycles. The third-order valence-electron chi connectivity index (χ3n) is 3.66. The lowest BCUT2D eigenvalue weighted by atomic mass is 9.92. The molecule has 1 fully saturated rings. The summed E-state index contributed by atoms with van der Waals surface area (Å²) in [5.74, 6) is 0. The Balaban J connectivity index is 2.21. The molecule has 17 heavy (non-hydrogen) atoms. The molecule has 1 heterocycles. The van der Waals surface area contributed by atoms with Gasteiger partial charge in [-0.15, -0.1) is 0 Å². The Hall–Kier alpha value is -0.860. The predicted molar refractivity (Wildman–Crippen MR) is 71.3 cm³/mol. The largest absolute Gasteiger partial charge is 0.376 e. The van der Waals surface area contributed by atoms with Gasteiger partial charge in [-0.25, -0.2) is 0 Å². The molecule has 2 rings (SSSR count). The van der Waals surface area contributed by atoms with Crippen molar-refractivity contribution in [3.8, 4) is 0 Å². The molecule has 0 aliphatic carbocycles. The Morgan fingerprint density at radius 3 is 2.71 bits per heavy atom. The maximum absolute atomic E-state index is 5.91. The van der Waals surface area contributed by atoms with Crippen molar-refractivity contribution >= 4 is 0 Å². The number of likely N-dealkylation sites (N-methyl/N-ethyl adjacent to an activating group) is 1. The van der Waals surface area contributed by atoms with Gasteiger partial charge in [0.2, 0.25) is 0 Å². The van der Waals surface area contributed by atoms with Gasteiger partial charge in [-0.2, -0.15) is 0 Å². The number of rotatable bonds is 3. The molecule has 1 aromatic rings. The van der Waals surface area contributed by atoms with Crippen molar-refractivity contribution in [2.24, 2.45) is 0 Å². The van der Waals surface area contributed by atoms with Gasteiger partial charge in [0.05, 0.1) is 12.1 Å². The van der Waals surface area contributed by atoms with Crippen molar-refractivity contribution in [1.82, 2.24) is 5.32 Å². The Kier molecular flexibility index (Phi) is 4.19. The fourth-order valence-corrected chi connectivity index (χ4v) is 2.74. The average Bonchev–Trinajstić information content (AvgIpc) is 2.34. The molecule has 1 aliphatic rings. The quantitative estimate of drug-likeness (QED) is 0.866. The highest BCUT2D eigenvalue weighted by Crippen LogP contribution is 2.28. The van der Waals surface area contributed by atoms with E-state index in [9.17, 15) is 0 Å². The molecule has 2 nitrogen and oxygen atoms in total. The van der Waals surface area contributed by atoms with Gasteiger partial charge in [-0.05, 0) is 51.3 Å². The van der Waals surface area contributed by atoms with Crippen LogP contribution in [-0.4, -0.2) is 19.8 Å². The lowest BCUT2D eigenvalue weighted by molar-refractivity contribution is -0.00674. The Morgan fingerprint density at radius 2 is 2.12 bits per heavy atom. The van der Waals surface area contributed by atoms with Crippen molar-refractivity contribution in [3.63, 3.8) is 0 Å². The van der Waals surface area contributed by atoms with Crippen LogP contribution in [0.25, 0.3) is 0 Å². The molecular weight excluding hydrogens is 210 g/mol. The van der Waals surface area contributed by atoms with Crippen LogP contribution in [0.1, 0.15) is 42.0 Å². The second-order valence-electron chi connectivity index (χ2n) is 5.03. The van der Waals surface area contributed by atoms with E-state index in [0.29, 0.717) is 12.1 Å². The van der Waals surface area contributed by atoms with Gasteiger partial charge >= 0.3 is 0 Å². The summed E-state index contributed by atoms with van der Waals surface area (Å²) in [6.07, 6.45) is 3.99. The molecule has 1 aliphatic heterocycles. The number of hydrogen-bond acceptors (Lipinski definition) is 2. The van der Waals surface area contributed by atoms with Gasteiger partial charge in [0.25, 0.3) is 0 Å². The molecule has 0 saturated carbocycles. The SMILES string of the molecule is CNC(c1ccc(C)cc1C)C1CCCCO1. The third-order valence-corrected chi connectivity index (χ3v) is 3.66. The van der Waals surface area contributed by atoms with E-state index in [1.54, 1.807) is 0 Å². The standard InChI is InChI=1S/C15H23NO/c1-11-7-8-13(12(2)10-11)15(16-3)14-6-4-5-9-17-14/h7-8,10,14-16H,4-6,9H2,1-3H3. The van der Waals surface area contributed by atoms with E-state index in [-0.39, 0.29) is 0 Å². The van der Waals surface area contributed by atoms with E-state index in [1.807, 2.05) is 7.05 Å². The molecule has 0 amide bonds. The molecule has 94 valence electrons. The second kappa shape index (κ2) is 5.65. The van der Waals surface area contributed by atoms with E-state index < -0.39 is 0 Å². The highest BCUT2D eigenvalue weighted by atomic mass is 16.5. The van der Waals surface area contributed by atoms with Crippen molar-refractivity contribution in [1.29, 1.82) is 0 Å². The summed E-state index contributed by atoms with van der Waals surface area (Å²) < 4.78 is 5.91. The zero-order valence-corrected chi connectivity index (χ0v) is 11.1. The first kappa shape index (κ1) is 12.6. The highest BCUT2D eigenvalue weighted by molar-refractivity contribution is 5.33. The Labute approximate surface area is 104 Å². The zero-order chi connectivity index (χ0) is 12.3. The van der Waals surface area contributed by atoms with Crippen LogP contribution in [0.3, 0.4) is 0 Å². The number of aryl methyl sites for hydroxylation is 2. The van der Waals surface area contributed by atoms with E-state index >= 15 is 0 Å². The summed E-state index contributed by atoms with van der Waals surface area (Å²) in [6, 6.07) is 7.01. The third kappa shape index (κ3) is 2.88. The van der Waals surface area contributed by atoms with Crippen molar-refractivity contribution in [3.05, 3.63) is 34.9 Å². The van der Waals surface area contributed by atoms with Gasteiger partial charge in [0.1, 0.15) is 0 Å². The average molecular weight is 233 g/mol. The fourth-order valence-electron chi connectivity index (χ4n) is 2.74. The first-order chi connectivity index (χ1) is 8.22. The van der Waals surface area contributed by atoms with Crippen molar-refractivity contribution in [2.45, 2.75) is 45.3 Å².